The minimum Gasteiger partial charge on any atom is -0.328 e. The molecule has 24 heavy (non-hydrogen) atoms. The van der Waals surface area contributed by atoms with Gasteiger partial charge in [0.15, 0.2) is 6.54 Å². The molecule has 0 saturated heterocycles. The molecule has 2 aromatic carbocycles. The SMILES string of the molecule is CN(C(=O)C[NH2+]C(c1ccccc1)c1ccccc1)C(C)(C)C#N. The molecule has 2 rings (SSSR count). The Morgan fingerprint density at radius 2 is 1.54 bits per heavy atom. The van der Waals surface area contributed by atoms with Crippen molar-refractivity contribution in [2.45, 2.75) is 25.4 Å². The van der Waals surface area contributed by atoms with Gasteiger partial charge in [-0.15, -0.1) is 0 Å². The first kappa shape index (κ1) is 17.7. The molecule has 0 fully saturated rings. The van der Waals surface area contributed by atoms with Crippen molar-refractivity contribution < 1.29 is 10.1 Å². The fourth-order valence-electron chi connectivity index (χ4n) is 2.53. The fraction of sp³-hybridized carbons (Fsp3) is 0.300. The molecular weight excluding hydrogens is 298 g/mol. The monoisotopic (exact) mass is 322 g/mol. The molecule has 0 aromatic heterocycles. The molecule has 0 heterocycles. The van der Waals surface area contributed by atoms with Gasteiger partial charge < -0.3 is 10.2 Å². The van der Waals surface area contributed by atoms with Crippen molar-refractivity contribution in [2.75, 3.05) is 13.6 Å². The second-order valence-corrected chi connectivity index (χ2v) is 6.36. The minimum absolute atomic E-state index is 0.0509. The molecular formula is C20H24N3O+. The van der Waals surface area contributed by atoms with Crippen LogP contribution >= 0.6 is 0 Å². The van der Waals surface area contributed by atoms with Crippen LogP contribution in [0, 0.1) is 11.3 Å². The molecule has 0 aliphatic rings. The van der Waals surface area contributed by atoms with Crippen molar-refractivity contribution in [1.29, 1.82) is 5.26 Å². The molecule has 1 amide bonds. The normalized spacial score (nSPS) is 11.1. The number of nitrogens with two attached hydrogens (primary N) is 1. The summed E-state index contributed by atoms with van der Waals surface area (Å²) in [6, 6.07) is 22.5. The van der Waals surface area contributed by atoms with E-state index in [-0.39, 0.29) is 18.5 Å². The van der Waals surface area contributed by atoms with Crippen molar-refractivity contribution in [3.05, 3.63) is 71.8 Å². The first-order valence-corrected chi connectivity index (χ1v) is 8.07. The number of carbonyl (C=O) groups excluding carboxylic acids is 1. The molecule has 0 atom stereocenters. The van der Waals surface area contributed by atoms with Gasteiger partial charge in [-0.3, -0.25) is 4.79 Å². The second kappa shape index (κ2) is 7.76. The Kier molecular flexibility index (Phi) is 5.73. The molecule has 0 radical (unpaired) electrons. The predicted octanol–water partition coefficient (Wildman–Crippen LogP) is 2.10. The summed E-state index contributed by atoms with van der Waals surface area (Å²) in [6.45, 7) is 3.78. The van der Waals surface area contributed by atoms with E-state index in [4.69, 9.17) is 0 Å². The second-order valence-electron chi connectivity index (χ2n) is 6.36. The third kappa shape index (κ3) is 4.21. The topological polar surface area (TPSA) is 60.7 Å². The first-order chi connectivity index (χ1) is 11.5. The zero-order chi connectivity index (χ0) is 17.6. The highest BCUT2D eigenvalue weighted by molar-refractivity contribution is 5.78. The maximum absolute atomic E-state index is 12.5. The summed E-state index contributed by atoms with van der Waals surface area (Å²) < 4.78 is 0. The summed E-state index contributed by atoms with van der Waals surface area (Å²) in [6.07, 6.45) is 0. The third-order valence-electron chi connectivity index (χ3n) is 4.33. The number of carbonyl (C=O) groups is 1. The summed E-state index contributed by atoms with van der Waals surface area (Å²) in [5.41, 5.74) is 1.50. The summed E-state index contributed by atoms with van der Waals surface area (Å²) in [5, 5.41) is 11.2. The number of nitriles is 1. The number of likely N-dealkylation sites (N-methyl/N-ethyl adjacent to an activating group) is 1. The molecule has 0 spiro atoms. The van der Waals surface area contributed by atoms with Crippen molar-refractivity contribution in [3.8, 4) is 6.07 Å². The molecule has 0 aliphatic heterocycles. The van der Waals surface area contributed by atoms with Crippen LogP contribution in [0.2, 0.25) is 0 Å². The van der Waals surface area contributed by atoms with Gasteiger partial charge in [-0.05, 0) is 13.8 Å². The molecule has 4 heteroatoms. The zero-order valence-electron chi connectivity index (χ0n) is 14.4. The maximum Gasteiger partial charge on any atom is 0.278 e. The van der Waals surface area contributed by atoms with E-state index in [2.05, 4.69) is 30.3 Å². The van der Waals surface area contributed by atoms with Gasteiger partial charge in [0.05, 0.1) is 6.07 Å². The van der Waals surface area contributed by atoms with Crippen LogP contribution in [0.3, 0.4) is 0 Å². The van der Waals surface area contributed by atoms with E-state index >= 15 is 0 Å². The molecule has 0 bridgehead atoms. The van der Waals surface area contributed by atoms with Gasteiger partial charge in [-0.25, -0.2) is 0 Å². The Hall–Kier alpha value is -2.64. The number of amides is 1. The average molecular weight is 322 g/mol. The number of quaternary nitrogens is 1. The van der Waals surface area contributed by atoms with Gasteiger partial charge in [0.1, 0.15) is 11.6 Å². The van der Waals surface area contributed by atoms with Gasteiger partial charge >= 0.3 is 0 Å². The highest BCUT2D eigenvalue weighted by Crippen LogP contribution is 2.17. The Morgan fingerprint density at radius 3 is 1.96 bits per heavy atom. The van der Waals surface area contributed by atoms with Gasteiger partial charge in [0.2, 0.25) is 0 Å². The number of benzene rings is 2. The quantitative estimate of drug-likeness (QED) is 0.885. The summed E-state index contributed by atoms with van der Waals surface area (Å²) in [4.78, 5) is 14.0. The lowest BCUT2D eigenvalue weighted by Crippen LogP contribution is -2.88. The summed E-state index contributed by atoms with van der Waals surface area (Å²) >= 11 is 0. The lowest BCUT2D eigenvalue weighted by Gasteiger charge is -2.29. The average Bonchev–Trinajstić information content (AvgIpc) is 2.62. The molecule has 124 valence electrons. The zero-order valence-corrected chi connectivity index (χ0v) is 14.4. The van der Waals surface area contributed by atoms with E-state index in [0.717, 1.165) is 11.1 Å². The van der Waals surface area contributed by atoms with Crippen LogP contribution in [0.15, 0.2) is 60.7 Å². The molecule has 2 N–H and O–H groups in total. The number of rotatable bonds is 6. The van der Waals surface area contributed by atoms with Crippen LogP contribution in [0.25, 0.3) is 0 Å². The van der Waals surface area contributed by atoms with Crippen molar-refractivity contribution in [3.63, 3.8) is 0 Å². The Morgan fingerprint density at radius 1 is 1.08 bits per heavy atom. The van der Waals surface area contributed by atoms with Crippen molar-refractivity contribution in [2.24, 2.45) is 0 Å². The van der Waals surface area contributed by atoms with Crippen LogP contribution < -0.4 is 5.32 Å². The molecule has 2 aromatic rings. The third-order valence-corrected chi connectivity index (χ3v) is 4.33. The number of hydrogen-bond donors (Lipinski definition) is 1. The van der Waals surface area contributed by atoms with E-state index in [1.807, 2.05) is 41.7 Å². The molecule has 0 saturated carbocycles. The Labute approximate surface area is 143 Å². The van der Waals surface area contributed by atoms with Crippen LogP contribution in [-0.4, -0.2) is 29.9 Å². The fourth-order valence-corrected chi connectivity index (χ4v) is 2.53. The Bertz CT molecular complexity index is 665. The molecule has 0 aliphatic carbocycles. The smallest absolute Gasteiger partial charge is 0.278 e. The standard InChI is InChI=1S/C20H23N3O/c1-20(2,15-21)23(3)18(24)14-22-19(16-10-6-4-7-11-16)17-12-8-5-9-13-17/h4-13,19,22H,14H2,1-3H3/p+1. The lowest BCUT2D eigenvalue weighted by atomic mass is 9.98. The largest absolute Gasteiger partial charge is 0.328 e. The molecule has 4 nitrogen and oxygen atoms in total. The first-order valence-electron chi connectivity index (χ1n) is 8.07. The van der Waals surface area contributed by atoms with Gasteiger partial charge in [-0.2, -0.15) is 5.26 Å². The summed E-state index contributed by atoms with van der Waals surface area (Å²) in [5.74, 6) is -0.0570. The van der Waals surface area contributed by atoms with Crippen LogP contribution in [0.5, 0.6) is 0 Å². The highest BCUT2D eigenvalue weighted by atomic mass is 16.2. The minimum atomic E-state index is -0.806. The van der Waals surface area contributed by atoms with Gasteiger partial charge in [0.25, 0.3) is 5.91 Å². The number of nitrogens with zero attached hydrogens (tertiary/aromatic N) is 2. The molecule has 0 unspecified atom stereocenters. The van der Waals surface area contributed by atoms with E-state index < -0.39 is 5.54 Å². The summed E-state index contributed by atoms with van der Waals surface area (Å²) in [7, 11) is 1.68. The highest BCUT2D eigenvalue weighted by Gasteiger charge is 2.29. The van der Waals surface area contributed by atoms with E-state index in [9.17, 15) is 10.1 Å². The van der Waals surface area contributed by atoms with Crippen molar-refractivity contribution in [1.82, 2.24) is 4.90 Å². The Balaban J connectivity index is 2.16. The lowest BCUT2D eigenvalue weighted by molar-refractivity contribution is -0.677. The van der Waals surface area contributed by atoms with Gasteiger partial charge in [0, 0.05) is 18.2 Å². The predicted molar refractivity (Wildman–Crippen MR) is 94.0 cm³/mol. The van der Waals surface area contributed by atoms with E-state index in [1.54, 1.807) is 20.9 Å². The van der Waals surface area contributed by atoms with Crippen LogP contribution in [0.1, 0.15) is 31.0 Å². The van der Waals surface area contributed by atoms with E-state index in [1.165, 1.54) is 4.90 Å². The van der Waals surface area contributed by atoms with Crippen molar-refractivity contribution >= 4 is 5.91 Å². The van der Waals surface area contributed by atoms with Crippen LogP contribution in [0.4, 0.5) is 0 Å². The maximum atomic E-state index is 12.5. The van der Waals surface area contributed by atoms with Crippen LogP contribution in [-0.2, 0) is 4.79 Å². The van der Waals surface area contributed by atoms with E-state index in [0.29, 0.717) is 0 Å². The number of hydrogen-bond acceptors (Lipinski definition) is 2. The van der Waals surface area contributed by atoms with Gasteiger partial charge in [-0.1, -0.05) is 60.7 Å².